The Kier molecular flexibility index (Phi) is 6.88. The smallest absolute Gasteiger partial charge is 0.410 e. The summed E-state index contributed by atoms with van der Waals surface area (Å²) in [6, 6.07) is 9.22. The van der Waals surface area contributed by atoms with Crippen molar-refractivity contribution >= 4 is 18.2 Å². The molecule has 8 nitrogen and oxygen atoms in total. The lowest BCUT2D eigenvalue weighted by molar-refractivity contribution is -0.139. The molecule has 0 spiro atoms. The summed E-state index contributed by atoms with van der Waals surface area (Å²) in [5, 5.41) is 12.0. The number of carbonyl (C=O) groups excluding carboxylic acids is 2. The second kappa shape index (κ2) is 8.95. The standard InChI is InChI=1S/C20H28N2O6/c1-19(2,3)28-18(26)22-11-9-20(10-12-22,13-16(23)24)21-17(25)27-14-15-7-5-4-6-8-15/h4-8H,9-14H2,1-3H3,(H,21,25)(H,23,24). The van der Waals surface area contributed by atoms with E-state index >= 15 is 0 Å². The molecule has 1 fully saturated rings. The van der Waals surface area contributed by atoms with Gasteiger partial charge < -0.3 is 24.8 Å². The SMILES string of the molecule is CC(C)(C)OC(=O)N1CCC(CC(=O)O)(NC(=O)OCc2ccccc2)CC1. The Morgan fingerprint density at radius 3 is 2.29 bits per heavy atom. The fraction of sp³-hybridized carbons (Fsp3) is 0.550. The molecular formula is C20H28N2O6. The molecule has 2 rings (SSSR count). The van der Waals surface area contributed by atoms with Gasteiger partial charge in [0.15, 0.2) is 0 Å². The molecule has 1 aliphatic rings. The van der Waals surface area contributed by atoms with E-state index in [4.69, 9.17) is 9.47 Å². The van der Waals surface area contributed by atoms with E-state index in [1.54, 1.807) is 20.8 Å². The molecular weight excluding hydrogens is 364 g/mol. The molecule has 0 unspecified atom stereocenters. The van der Waals surface area contributed by atoms with Crippen LogP contribution in [0.15, 0.2) is 30.3 Å². The Hall–Kier alpha value is -2.77. The van der Waals surface area contributed by atoms with Crippen LogP contribution in [-0.4, -0.2) is 52.4 Å². The van der Waals surface area contributed by atoms with E-state index in [1.807, 2.05) is 30.3 Å². The number of alkyl carbamates (subject to hydrolysis) is 1. The van der Waals surface area contributed by atoms with Crippen LogP contribution in [-0.2, 0) is 20.9 Å². The number of likely N-dealkylation sites (tertiary alicyclic amines) is 1. The molecule has 1 aliphatic heterocycles. The number of hydrogen-bond acceptors (Lipinski definition) is 5. The highest BCUT2D eigenvalue weighted by molar-refractivity contribution is 5.73. The lowest BCUT2D eigenvalue weighted by atomic mass is 9.84. The first kappa shape index (κ1) is 21.5. The van der Waals surface area contributed by atoms with E-state index in [1.165, 1.54) is 4.90 Å². The van der Waals surface area contributed by atoms with Gasteiger partial charge in [0, 0.05) is 13.1 Å². The van der Waals surface area contributed by atoms with Crippen molar-refractivity contribution in [3.63, 3.8) is 0 Å². The zero-order chi connectivity index (χ0) is 20.8. The van der Waals surface area contributed by atoms with Gasteiger partial charge in [-0.2, -0.15) is 0 Å². The van der Waals surface area contributed by atoms with Crippen molar-refractivity contribution in [2.24, 2.45) is 0 Å². The molecule has 0 bridgehead atoms. The van der Waals surface area contributed by atoms with E-state index in [0.717, 1.165) is 5.56 Å². The molecule has 1 aromatic carbocycles. The first-order valence-corrected chi connectivity index (χ1v) is 9.27. The van der Waals surface area contributed by atoms with Crippen LogP contribution in [0, 0.1) is 0 Å². The summed E-state index contributed by atoms with van der Waals surface area (Å²) in [7, 11) is 0. The maximum Gasteiger partial charge on any atom is 0.410 e. The molecule has 0 aliphatic carbocycles. The van der Waals surface area contributed by atoms with E-state index in [9.17, 15) is 19.5 Å². The Bertz CT molecular complexity index is 690. The second-order valence-corrected chi connectivity index (χ2v) is 8.00. The third-order valence-corrected chi connectivity index (χ3v) is 4.44. The Morgan fingerprint density at radius 2 is 1.75 bits per heavy atom. The van der Waals surface area contributed by atoms with Gasteiger partial charge >= 0.3 is 18.2 Å². The third-order valence-electron chi connectivity index (χ3n) is 4.44. The fourth-order valence-corrected chi connectivity index (χ4v) is 3.05. The number of ether oxygens (including phenoxy) is 2. The summed E-state index contributed by atoms with van der Waals surface area (Å²) in [4.78, 5) is 37.3. The van der Waals surface area contributed by atoms with E-state index in [-0.39, 0.29) is 13.0 Å². The minimum absolute atomic E-state index is 0.0971. The van der Waals surface area contributed by atoms with E-state index in [2.05, 4.69) is 5.32 Å². The number of carbonyl (C=O) groups is 3. The quantitative estimate of drug-likeness (QED) is 0.797. The number of nitrogens with one attached hydrogen (secondary N) is 1. The van der Waals surface area contributed by atoms with Crippen molar-refractivity contribution in [2.45, 2.75) is 57.8 Å². The molecule has 154 valence electrons. The number of rotatable bonds is 5. The van der Waals surface area contributed by atoms with Crippen LogP contribution in [0.3, 0.4) is 0 Å². The molecule has 28 heavy (non-hydrogen) atoms. The highest BCUT2D eigenvalue weighted by Gasteiger charge is 2.40. The van der Waals surface area contributed by atoms with Gasteiger partial charge in [0.2, 0.25) is 0 Å². The van der Waals surface area contributed by atoms with Crippen molar-refractivity contribution in [1.29, 1.82) is 0 Å². The van der Waals surface area contributed by atoms with Gasteiger partial charge in [0.25, 0.3) is 0 Å². The predicted octanol–water partition coefficient (Wildman–Crippen LogP) is 3.16. The van der Waals surface area contributed by atoms with E-state index < -0.39 is 29.3 Å². The van der Waals surface area contributed by atoms with Gasteiger partial charge in [-0.05, 0) is 39.2 Å². The number of hydrogen-bond donors (Lipinski definition) is 2. The van der Waals surface area contributed by atoms with Crippen LogP contribution in [0.2, 0.25) is 0 Å². The maximum atomic E-state index is 12.2. The van der Waals surface area contributed by atoms with Crippen LogP contribution in [0.1, 0.15) is 45.6 Å². The lowest BCUT2D eigenvalue weighted by Gasteiger charge is -2.41. The number of carboxylic acids is 1. The molecule has 2 N–H and O–H groups in total. The van der Waals surface area contributed by atoms with Crippen LogP contribution in [0.5, 0.6) is 0 Å². The van der Waals surface area contributed by atoms with Gasteiger partial charge in [0.1, 0.15) is 12.2 Å². The minimum Gasteiger partial charge on any atom is -0.481 e. The summed E-state index contributed by atoms with van der Waals surface area (Å²) in [5.74, 6) is -1.02. The molecule has 1 saturated heterocycles. The fourth-order valence-electron chi connectivity index (χ4n) is 3.05. The Balaban J connectivity index is 1.94. The molecule has 0 atom stereocenters. The molecule has 0 radical (unpaired) electrons. The zero-order valence-electron chi connectivity index (χ0n) is 16.6. The monoisotopic (exact) mass is 392 g/mol. The Labute approximate surface area is 164 Å². The van der Waals surface area contributed by atoms with Gasteiger partial charge in [-0.1, -0.05) is 30.3 Å². The summed E-state index contributed by atoms with van der Waals surface area (Å²) in [6.07, 6.45) is -0.744. The molecule has 0 aromatic heterocycles. The zero-order valence-corrected chi connectivity index (χ0v) is 16.6. The largest absolute Gasteiger partial charge is 0.481 e. The van der Waals surface area contributed by atoms with Crippen molar-refractivity contribution < 1.29 is 29.0 Å². The molecule has 8 heteroatoms. The molecule has 2 amide bonds. The second-order valence-electron chi connectivity index (χ2n) is 8.00. The number of nitrogens with zero attached hydrogens (tertiary/aromatic N) is 1. The number of amides is 2. The first-order chi connectivity index (χ1) is 13.1. The van der Waals surface area contributed by atoms with Gasteiger partial charge in [-0.15, -0.1) is 0 Å². The number of carboxylic acid groups (broad SMARTS) is 1. The number of piperidine rings is 1. The third kappa shape index (κ3) is 6.75. The average molecular weight is 392 g/mol. The highest BCUT2D eigenvalue weighted by Crippen LogP contribution is 2.27. The van der Waals surface area contributed by atoms with Crippen LogP contribution < -0.4 is 5.32 Å². The van der Waals surface area contributed by atoms with Crippen LogP contribution in [0.4, 0.5) is 9.59 Å². The minimum atomic E-state index is -1.02. The molecule has 0 saturated carbocycles. The van der Waals surface area contributed by atoms with E-state index in [0.29, 0.717) is 25.9 Å². The van der Waals surface area contributed by atoms with Gasteiger partial charge in [0.05, 0.1) is 12.0 Å². The normalized spacial score (nSPS) is 16.2. The first-order valence-electron chi connectivity index (χ1n) is 9.27. The van der Waals surface area contributed by atoms with Gasteiger partial charge in [-0.3, -0.25) is 4.79 Å². The molecule has 1 heterocycles. The van der Waals surface area contributed by atoms with Crippen molar-refractivity contribution in [2.75, 3.05) is 13.1 Å². The molecule has 1 aromatic rings. The van der Waals surface area contributed by atoms with Crippen molar-refractivity contribution in [3.8, 4) is 0 Å². The summed E-state index contributed by atoms with van der Waals surface area (Å²) in [6.45, 7) is 6.04. The average Bonchev–Trinajstić information content (AvgIpc) is 2.59. The predicted molar refractivity (Wildman–Crippen MR) is 102 cm³/mol. The summed E-state index contributed by atoms with van der Waals surface area (Å²) >= 11 is 0. The Morgan fingerprint density at radius 1 is 1.14 bits per heavy atom. The number of aliphatic carboxylic acids is 1. The van der Waals surface area contributed by atoms with Gasteiger partial charge in [-0.25, -0.2) is 9.59 Å². The van der Waals surface area contributed by atoms with Crippen molar-refractivity contribution in [1.82, 2.24) is 10.2 Å². The topological polar surface area (TPSA) is 105 Å². The highest BCUT2D eigenvalue weighted by atomic mass is 16.6. The summed E-state index contributed by atoms with van der Waals surface area (Å²) < 4.78 is 10.6. The summed E-state index contributed by atoms with van der Waals surface area (Å²) in [5.41, 5.74) is -0.728. The lowest BCUT2D eigenvalue weighted by Crippen LogP contribution is -2.57. The van der Waals surface area contributed by atoms with Crippen molar-refractivity contribution in [3.05, 3.63) is 35.9 Å². The maximum absolute atomic E-state index is 12.2. The number of benzene rings is 1. The van der Waals surface area contributed by atoms with Crippen LogP contribution in [0.25, 0.3) is 0 Å². The van der Waals surface area contributed by atoms with Crippen LogP contribution >= 0.6 is 0 Å².